The van der Waals surface area contributed by atoms with Crippen LogP contribution in [-0.2, 0) is 0 Å². The van der Waals surface area contributed by atoms with Crippen LogP contribution in [0.2, 0.25) is 0 Å². The van der Waals surface area contributed by atoms with Gasteiger partial charge in [-0.3, -0.25) is 10.1 Å². The molecule has 0 saturated heterocycles. The molecule has 20 heavy (non-hydrogen) atoms. The van der Waals surface area contributed by atoms with Crippen LogP contribution in [-0.4, -0.2) is 27.1 Å². The summed E-state index contributed by atoms with van der Waals surface area (Å²) in [6.45, 7) is 4.09. The summed E-state index contributed by atoms with van der Waals surface area (Å²) in [7, 11) is 0. The maximum absolute atomic E-state index is 12.1. The molecular formula is C12H15N5OS2. The van der Waals surface area contributed by atoms with E-state index in [4.69, 9.17) is 0 Å². The number of thiazole rings is 1. The fourth-order valence-electron chi connectivity index (χ4n) is 1.53. The first-order valence-corrected chi connectivity index (χ1v) is 8.18. The van der Waals surface area contributed by atoms with Gasteiger partial charge in [-0.2, -0.15) is 0 Å². The van der Waals surface area contributed by atoms with Gasteiger partial charge in [0.15, 0.2) is 5.13 Å². The largest absolute Gasteiger partial charge is 0.359 e. The zero-order valence-electron chi connectivity index (χ0n) is 11.2. The van der Waals surface area contributed by atoms with E-state index in [1.54, 1.807) is 5.38 Å². The quantitative estimate of drug-likeness (QED) is 0.887. The monoisotopic (exact) mass is 309 g/mol. The molecule has 2 heterocycles. The second-order valence-electron chi connectivity index (χ2n) is 5.01. The second-order valence-corrected chi connectivity index (χ2v) is 6.88. The maximum atomic E-state index is 12.1. The number of aromatic nitrogens is 3. The van der Waals surface area contributed by atoms with Crippen LogP contribution in [0, 0.1) is 0 Å². The van der Waals surface area contributed by atoms with E-state index in [2.05, 4.69) is 25.8 Å². The van der Waals surface area contributed by atoms with Crippen molar-refractivity contribution in [2.45, 2.75) is 38.6 Å². The third kappa shape index (κ3) is 3.13. The fourth-order valence-corrected chi connectivity index (χ4v) is 3.04. The number of hydrogen-bond donors (Lipinski definition) is 2. The topological polar surface area (TPSA) is 79.8 Å². The third-order valence-electron chi connectivity index (χ3n) is 2.80. The molecule has 0 spiro atoms. The minimum Gasteiger partial charge on any atom is -0.359 e. The second kappa shape index (κ2) is 5.45. The lowest BCUT2D eigenvalue weighted by Gasteiger charge is -1.98. The van der Waals surface area contributed by atoms with Crippen LogP contribution in [0.15, 0.2) is 5.38 Å². The molecule has 6 nitrogen and oxygen atoms in total. The molecule has 1 aliphatic rings. The Balaban J connectivity index is 1.63. The van der Waals surface area contributed by atoms with Crippen molar-refractivity contribution in [3.63, 3.8) is 0 Å². The van der Waals surface area contributed by atoms with Gasteiger partial charge in [0.2, 0.25) is 5.13 Å². The van der Waals surface area contributed by atoms with Crippen molar-refractivity contribution >= 4 is 38.8 Å². The van der Waals surface area contributed by atoms with E-state index in [0.717, 1.165) is 10.1 Å². The average Bonchev–Trinajstić information content (AvgIpc) is 2.91. The number of hydrogen-bond acceptors (Lipinski definition) is 7. The highest BCUT2D eigenvalue weighted by Crippen LogP contribution is 2.27. The zero-order valence-corrected chi connectivity index (χ0v) is 12.8. The molecule has 3 rings (SSSR count). The van der Waals surface area contributed by atoms with Gasteiger partial charge >= 0.3 is 0 Å². The predicted molar refractivity (Wildman–Crippen MR) is 80.7 cm³/mol. The Morgan fingerprint density at radius 2 is 2.15 bits per heavy atom. The van der Waals surface area contributed by atoms with Gasteiger partial charge in [-0.15, -0.1) is 21.5 Å². The SMILES string of the molecule is CC(C)c1nnc(NC(=O)c2csc(NC3CC3)n2)s1. The van der Waals surface area contributed by atoms with E-state index in [1.807, 2.05) is 13.8 Å². The Morgan fingerprint density at radius 1 is 1.35 bits per heavy atom. The maximum Gasteiger partial charge on any atom is 0.277 e. The molecule has 1 saturated carbocycles. The lowest BCUT2D eigenvalue weighted by molar-refractivity contribution is 0.102. The molecule has 2 aromatic rings. The molecule has 1 aliphatic carbocycles. The minimum atomic E-state index is -0.239. The van der Waals surface area contributed by atoms with Crippen molar-refractivity contribution in [2.24, 2.45) is 0 Å². The summed E-state index contributed by atoms with van der Waals surface area (Å²) < 4.78 is 0. The first-order chi connectivity index (χ1) is 9.61. The van der Waals surface area contributed by atoms with Crippen molar-refractivity contribution in [2.75, 3.05) is 10.6 Å². The summed E-state index contributed by atoms with van der Waals surface area (Å²) in [6, 6.07) is 0.536. The van der Waals surface area contributed by atoms with Gasteiger partial charge in [0.05, 0.1) is 0 Å². The van der Waals surface area contributed by atoms with Gasteiger partial charge in [-0.1, -0.05) is 25.2 Å². The Labute approximate surface area is 124 Å². The molecule has 0 atom stereocenters. The number of amides is 1. The van der Waals surface area contributed by atoms with Crippen LogP contribution in [0.1, 0.15) is 48.1 Å². The van der Waals surface area contributed by atoms with E-state index < -0.39 is 0 Å². The standard InChI is InChI=1S/C12H15N5OS2/c1-6(2)10-16-17-12(20-10)15-9(18)8-5-19-11(14-8)13-7-3-4-7/h5-7H,3-4H2,1-2H3,(H,13,14)(H,15,17,18). The van der Waals surface area contributed by atoms with E-state index in [-0.39, 0.29) is 5.91 Å². The van der Waals surface area contributed by atoms with Crippen molar-refractivity contribution in [3.8, 4) is 0 Å². The molecule has 106 valence electrons. The molecular weight excluding hydrogens is 294 g/mol. The number of nitrogens with one attached hydrogen (secondary N) is 2. The van der Waals surface area contributed by atoms with Crippen LogP contribution in [0.25, 0.3) is 0 Å². The van der Waals surface area contributed by atoms with E-state index in [9.17, 15) is 4.79 Å². The Hall–Kier alpha value is -1.54. The molecule has 8 heteroatoms. The van der Waals surface area contributed by atoms with Crippen LogP contribution in [0.3, 0.4) is 0 Å². The van der Waals surface area contributed by atoms with Gasteiger partial charge < -0.3 is 5.32 Å². The van der Waals surface area contributed by atoms with Gasteiger partial charge in [0.25, 0.3) is 5.91 Å². The smallest absolute Gasteiger partial charge is 0.277 e. The van der Waals surface area contributed by atoms with Gasteiger partial charge in [-0.25, -0.2) is 4.98 Å². The lowest BCUT2D eigenvalue weighted by atomic mass is 10.2. The molecule has 0 aliphatic heterocycles. The normalized spacial score (nSPS) is 14.6. The summed E-state index contributed by atoms with van der Waals surface area (Å²) >= 11 is 2.85. The Kier molecular flexibility index (Phi) is 3.66. The molecule has 0 bridgehead atoms. The summed E-state index contributed by atoms with van der Waals surface area (Å²) in [5.41, 5.74) is 0.416. The van der Waals surface area contributed by atoms with E-state index >= 15 is 0 Å². The van der Waals surface area contributed by atoms with Crippen LogP contribution < -0.4 is 10.6 Å². The number of carbonyl (C=O) groups is 1. The van der Waals surface area contributed by atoms with Crippen LogP contribution in [0.5, 0.6) is 0 Å². The Morgan fingerprint density at radius 3 is 2.80 bits per heavy atom. The van der Waals surface area contributed by atoms with Crippen molar-refractivity contribution in [3.05, 3.63) is 16.1 Å². The highest BCUT2D eigenvalue weighted by atomic mass is 32.1. The summed E-state index contributed by atoms with van der Waals surface area (Å²) in [6.07, 6.45) is 2.37. The van der Waals surface area contributed by atoms with Crippen molar-refractivity contribution < 1.29 is 4.79 Å². The predicted octanol–water partition coefficient (Wildman–Crippen LogP) is 2.94. The number of anilines is 2. The van der Waals surface area contributed by atoms with Gasteiger partial charge in [0.1, 0.15) is 10.7 Å². The first-order valence-electron chi connectivity index (χ1n) is 6.48. The molecule has 2 N–H and O–H groups in total. The fraction of sp³-hybridized carbons (Fsp3) is 0.500. The van der Waals surface area contributed by atoms with Crippen LogP contribution >= 0.6 is 22.7 Å². The van der Waals surface area contributed by atoms with E-state index in [1.165, 1.54) is 35.5 Å². The summed E-state index contributed by atoms with van der Waals surface area (Å²) in [5, 5.41) is 18.0. The van der Waals surface area contributed by atoms with Crippen LogP contribution in [0.4, 0.5) is 10.3 Å². The first kappa shape index (κ1) is 13.4. The molecule has 0 radical (unpaired) electrons. The lowest BCUT2D eigenvalue weighted by Crippen LogP contribution is -2.12. The highest BCUT2D eigenvalue weighted by Gasteiger charge is 2.22. The van der Waals surface area contributed by atoms with Gasteiger partial charge in [-0.05, 0) is 12.8 Å². The molecule has 2 aromatic heterocycles. The number of nitrogens with zero attached hydrogens (tertiary/aromatic N) is 3. The number of rotatable bonds is 5. The highest BCUT2D eigenvalue weighted by molar-refractivity contribution is 7.15. The zero-order chi connectivity index (χ0) is 14.1. The van der Waals surface area contributed by atoms with Gasteiger partial charge in [0, 0.05) is 17.3 Å². The summed E-state index contributed by atoms with van der Waals surface area (Å²) in [5.74, 6) is 0.0725. The molecule has 0 unspecified atom stereocenters. The number of carbonyl (C=O) groups excluding carboxylic acids is 1. The average molecular weight is 309 g/mol. The van der Waals surface area contributed by atoms with Crippen molar-refractivity contribution in [1.29, 1.82) is 0 Å². The van der Waals surface area contributed by atoms with Crippen molar-refractivity contribution in [1.82, 2.24) is 15.2 Å². The molecule has 1 fully saturated rings. The summed E-state index contributed by atoms with van der Waals surface area (Å²) in [4.78, 5) is 16.3. The Bertz CT molecular complexity index is 617. The van der Waals surface area contributed by atoms with E-state index in [0.29, 0.717) is 22.8 Å². The molecule has 1 amide bonds. The minimum absolute atomic E-state index is 0.239. The third-order valence-corrected chi connectivity index (χ3v) is 4.71. The molecule has 0 aromatic carbocycles.